The predicted octanol–water partition coefficient (Wildman–Crippen LogP) is 3.31. The zero-order valence-corrected chi connectivity index (χ0v) is 11.3. The average molecular weight is 287 g/mol. The van der Waals surface area contributed by atoms with Crippen LogP contribution in [0.1, 0.15) is 42.7 Å². The third kappa shape index (κ3) is 3.73. The minimum atomic E-state index is -4.38. The Morgan fingerprint density at radius 3 is 2.45 bits per heavy atom. The quantitative estimate of drug-likeness (QED) is 0.871. The van der Waals surface area contributed by atoms with Gasteiger partial charge in [0.15, 0.2) is 0 Å². The largest absolute Gasteiger partial charge is 0.416 e. The lowest BCUT2D eigenvalue weighted by molar-refractivity contribution is -0.138. The van der Waals surface area contributed by atoms with Crippen LogP contribution in [-0.2, 0) is 6.18 Å². The number of hydrogen-bond acceptors (Lipinski definition) is 2. The number of aliphatic hydroxyl groups excluding tert-OH is 1. The molecule has 0 aromatic heterocycles. The molecule has 5 heteroatoms. The first kappa shape index (κ1) is 15.3. The van der Waals surface area contributed by atoms with Gasteiger partial charge in [0.2, 0.25) is 0 Å². The zero-order valence-electron chi connectivity index (χ0n) is 11.3. The van der Waals surface area contributed by atoms with Crippen molar-refractivity contribution >= 4 is 0 Å². The smallest absolute Gasteiger partial charge is 0.396 e. The van der Waals surface area contributed by atoms with E-state index in [-0.39, 0.29) is 12.2 Å². The monoisotopic (exact) mass is 287 g/mol. The van der Waals surface area contributed by atoms with E-state index in [1.807, 2.05) is 0 Å². The number of aliphatic hydroxyl groups is 1. The molecule has 1 aromatic carbocycles. The van der Waals surface area contributed by atoms with Crippen LogP contribution >= 0.6 is 0 Å². The molecule has 112 valence electrons. The van der Waals surface area contributed by atoms with E-state index < -0.39 is 17.7 Å². The number of rotatable bonds is 5. The van der Waals surface area contributed by atoms with Crippen molar-refractivity contribution in [1.82, 2.24) is 5.32 Å². The molecule has 1 aromatic rings. The van der Waals surface area contributed by atoms with Crippen LogP contribution in [0.25, 0.3) is 0 Å². The van der Waals surface area contributed by atoms with Gasteiger partial charge in [-0.3, -0.25) is 0 Å². The summed E-state index contributed by atoms with van der Waals surface area (Å²) in [6, 6.07) is 5.88. The molecule has 0 amide bonds. The van der Waals surface area contributed by atoms with E-state index >= 15 is 0 Å². The van der Waals surface area contributed by atoms with Gasteiger partial charge in [0.1, 0.15) is 0 Å². The van der Waals surface area contributed by atoms with Crippen molar-refractivity contribution in [3.63, 3.8) is 0 Å². The minimum absolute atomic E-state index is 0.174. The first-order valence-electron chi connectivity index (χ1n) is 7.02. The molecule has 1 aliphatic carbocycles. The molecule has 0 aliphatic heterocycles. The fourth-order valence-corrected chi connectivity index (χ4v) is 2.82. The van der Waals surface area contributed by atoms with E-state index in [0.717, 1.165) is 18.9 Å². The molecule has 0 radical (unpaired) electrons. The number of halogens is 3. The second-order valence-electron chi connectivity index (χ2n) is 5.35. The molecule has 1 aliphatic rings. The molecule has 0 bridgehead atoms. The highest BCUT2D eigenvalue weighted by molar-refractivity contribution is 5.33. The Morgan fingerprint density at radius 1 is 1.20 bits per heavy atom. The molecule has 0 saturated heterocycles. The fourth-order valence-electron chi connectivity index (χ4n) is 2.82. The summed E-state index contributed by atoms with van der Waals surface area (Å²) in [5.74, 6) is -0.520. The van der Waals surface area contributed by atoms with Gasteiger partial charge in [-0.05, 0) is 24.5 Å². The Hall–Kier alpha value is -1.07. The van der Waals surface area contributed by atoms with Gasteiger partial charge in [0.25, 0.3) is 0 Å². The summed E-state index contributed by atoms with van der Waals surface area (Å²) in [6.07, 6.45) is 0.0939. The molecule has 2 rings (SSSR count). The first-order valence-corrected chi connectivity index (χ1v) is 7.02. The van der Waals surface area contributed by atoms with Crippen molar-refractivity contribution in [3.8, 4) is 0 Å². The normalized spacial score (nSPS) is 18.4. The van der Waals surface area contributed by atoms with Crippen molar-refractivity contribution in [1.29, 1.82) is 0 Å². The Labute approximate surface area is 117 Å². The van der Waals surface area contributed by atoms with Crippen molar-refractivity contribution in [2.75, 3.05) is 13.2 Å². The van der Waals surface area contributed by atoms with Gasteiger partial charge in [-0.15, -0.1) is 0 Å². The maximum absolute atomic E-state index is 13.0. The number of alkyl halides is 3. The topological polar surface area (TPSA) is 32.3 Å². The molecule has 20 heavy (non-hydrogen) atoms. The standard InChI is InChI=1S/C15H20F3NO/c16-15(17,18)14-8-4-3-7-13(14)11(10-20)9-19-12-5-1-2-6-12/h3-4,7-8,11-12,19-20H,1-2,5-6,9-10H2. The molecule has 0 spiro atoms. The van der Waals surface area contributed by atoms with Gasteiger partial charge in [-0.25, -0.2) is 0 Å². The lowest BCUT2D eigenvalue weighted by Gasteiger charge is -2.22. The number of nitrogens with one attached hydrogen (secondary N) is 1. The predicted molar refractivity (Wildman–Crippen MR) is 71.5 cm³/mol. The Bertz CT molecular complexity index is 427. The molecule has 2 N–H and O–H groups in total. The number of hydrogen-bond donors (Lipinski definition) is 2. The summed E-state index contributed by atoms with van der Waals surface area (Å²) in [4.78, 5) is 0. The van der Waals surface area contributed by atoms with E-state index in [0.29, 0.717) is 12.6 Å². The summed E-state index contributed by atoms with van der Waals surface area (Å²) < 4.78 is 39.0. The van der Waals surface area contributed by atoms with Gasteiger partial charge < -0.3 is 10.4 Å². The molecular formula is C15H20F3NO. The SMILES string of the molecule is OCC(CNC1CCCC1)c1ccccc1C(F)(F)F. The van der Waals surface area contributed by atoms with Crippen LogP contribution in [-0.4, -0.2) is 24.3 Å². The first-order chi connectivity index (χ1) is 9.52. The maximum atomic E-state index is 13.0. The Morgan fingerprint density at radius 2 is 1.85 bits per heavy atom. The van der Waals surface area contributed by atoms with Crippen LogP contribution in [0, 0.1) is 0 Å². The molecule has 1 unspecified atom stereocenters. The molecule has 1 fully saturated rings. The van der Waals surface area contributed by atoms with Crippen molar-refractivity contribution in [2.24, 2.45) is 0 Å². The summed E-state index contributed by atoms with van der Waals surface area (Å²) in [5.41, 5.74) is -0.472. The van der Waals surface area contributed by atoms with Crippen LogP contribution in [0.5, 0.6) is 0 Å². The molecule has 2 nitrogen and oxygen atoms in total. The minimum Gasteiger partial charge on any atom is -0.396 e. The second kappa shape index (κ2) is 6.59. The summed E-state index contributed by atoms with van der Waals surface area (Å²) in [6.45, 7) is 0.0983. The van der Waals surface area contributed by atoms with Crippen LogP contribution < -0.4 is 5.32 Å². The Balaban J connectivity index is 2.10. The number of benzene rings is 1. The van der Waals surface area contributed by atoms with Crippen molar-refractivity contribution in [2.45, 2.75) is 43.8 Å². The third-order valence-electron chi connectivity index (χ3n) is 3.93. The molecule has 1 saturated carbocycles. The summed E-state index contributed by atoms with van der Waals surface area (Å²) in [7, 11) is 0. The fraction of sp³-hybridized carbons (Fsp3) is 0.600. The molecular weight excluding hydrogens is 267 g/mol. The lowest BCUT2D eigenvalue weighted by Crippen LogP contribution is -2.32. The van der Waals surface area contributed by atoms with Gasteiger partial charge in [-0.2, -0.15) is 13.2 Å². The van der Waals surface area contributed by atoms with Crippen LogP contribution in [0.4, 0.5) is 13.2 Å². The van der Waals surface area contributed by atoms with E-state index in [9.17, 15) is 18.3 Å². The van der Waals surface area contributed by atoms with E-state index in [2.05, 4.69) is 5.32 Å². The van der Waals surface area contributed by atoms with E-state index in [1.165, 1.54) is 25.0 Å². The highest BCUT2D eigenvalue weighted by atomic mass is 19.4. The zero-order chi connectivity index (χ0) is 14.6. The van der Waals surface area contributed by atoms with Crippen LogP contribution in [0.2, 0.25) is 0 Å². The van der Waals surface area contributed by atoms with Crippen molar-refractivity contribution < 1.29 is 18.3 Å². The van der Waals surface area contributed by atoms with Gasteiger partial charge in [0, 0.05) is 18.5 Å². The third-order valence-corrected chi connectivity index (χ3v) is 3.93. The highest BCUT2D eigenvalue weighted by Gasteiger charge is 2.34. The van der Waals surface area contributed by atoms with Crippen molar-refractivity contribution in [3.05, 3.63) is 35.4 Å². The van der Waals surface area contributed by atoms with E-state index in [1.54, 1.807) is 6.07 Å². The summed E-state index contributed by atoms with van der Waals surface area (Å²) >= 11 is 0. The van der Waals surface area contributed by atoms with E-state index in [4.69, 9.17) is 0 Å². The maximum Gasteiger partial charge on any atom is 0.416 e. The summed E-state index contributed by atoms with van der Waals surface area (Å²) in [5, 5.41) is 12.7. The van der Waals surface area contributed by atoms with Gasteiger partial charge >= 0.3 is 6.18 Å². The Kier molecular flexibility index (Phi) is 5.05. The van der Waals surface area contributed by atoms with Gasteiger partial charge in [-0.1, -0.05) is 31.0 Å². The van der Waals surface area contributed by atoms with Crippen LogP contribution in [0.15, 0.2) is 24.3 Å². The second-order valence-corrected chi connectivity index (χ2v) is 5.35. The average Bonchev–Trinajstić information content (AvgIpc) is 2.92. The lowest BCUT2D eigenvalue weighted by atomic mass is 9.94. The van der Waals surface area contributed by atoms with Gasteiger partial charge in [0.05, 0.1) is 12.2 Å². The molecule has 1 atom stereocenters. The molecule has 0 heterocycles. The van der Waals surface area contributed by atoms with Crippen LogP contribution in [0.3, 0.4) is 0 Å². The highest BCUT2D eigenvalue weighted by Crippen LogP contribution is 2.35.